The summed E-state index contributed by atoms with van der Waals surface area (Å²) in [6.45, 7) is 8.60. The molecule has 14 heavy (non-hydrogen) atoms. The molecule has 1 atom stereocenters. The van der Waals surface area contributed by atoms with Gasteiger partial charge in [-0.25, -0.2) is 0 Å². The fraction of sp³-hybridized carbons (Fsp3) is 0.727. The summed E-state index contributed by atoms with van der Waals surface area (Å²) in [4.78, 5) is 0. The summed E-state index contributed by atoms with van der Waals surface area (Å²) in [6, 6.07) is 3.12. The van der Waals surface area contributed by atoms with Crippen molar-refractivity contribution in [2.24, 2.45) is 0 Å². The minimum Gasteiger partial charge on any atom is -0.317 e. The molecule has 0 spiro atoms. The first-order valence-electron chi connectivity index (χ1n) is 5.27. The van der Waals surface area contributed by atoms with Crippen molar-refractivity contribution in [3.8, 4) is 0 Å². The van der Waals surface area contributed by atoms with Gasteiger partial charge in [-0.1, -0.05) is 0 Å². The molecule has 3 heteroatoms. The van der Waals surface area contributed by atoms with Crippen molar-refractivity contribution in [3.05, 3.63) is 17.5 Å². The highest BCUT2D eigenvalue weighted by atomic mass is 15.3. The molecule has 0 saturated heterocycles. The van der Waals surface area contributed by atoms with Crippen molar-refractivity contribution in [2.75, 3.05) is 7.05 Å². The first-order valence-corrected chi connectivity index (χ1v) is 5.27. The number of likely N-dealkylation sites (N-methyl/N-ethyl adjacent to an activating group) is 1. The van der Waals surface area contributed by atoms with Crippen LogP contribution in [0.15, 0.2) is 6.07 Å². The summed E-state index contributed by atoms with van der Waals surface area (Å²) in [6.07, 6.45) is 0.997. The summed E-state index contributed by atoms with van der Waals surface area (Å²) < 4.78 is 2.08. The zero-order valence-electron chi connectivity index (χ0n) is 9.83. The Morgan fingerprint density at radius 2 is 2.07 bits per heavy atom. The summed E-state index contributed by atoms with van der Waals surface area (Å²) in [5.74, 6) is 0. The lowest BCUT2D eigenvalue weighted by Crippen LogP contribution is -2.23. The summed E-state index contributed by atoms with van der Waals surface area (Å²) in [5.41, 5.74) is 2.43. The Labute approximate surface area is 86.5 Å². The third kappa shape index (κ3) is 2.58. The molecule has 0 aromatic carbocycles. The van der Waals surface area contributed by atoms with Gasteiger partial charge in [0.25, 0.3) is 0 Å². The normalized spacial score (nSPS) is 13.6. The van der Waals surface area contributed by atoms with E-state index in [0.29, 0.717) is 12.1 Å². The molecule has 1 rings (SSSR count). The Hall–Kier alpha value is -0.830. The molecule has 0 bridgehead atoms. The molecule has 1 unspecified atom stereocenters. The quantitative estimate of drug-likeness (QED) is 0.795. The third-order valence-electron chi connectivity index (χ3n) is 2.47. The molecule has 1 aromatic rings. The molecule has 0 aliphatic rings. The molecule has 80 valence electrons. The smallest absolute Gasteiger partial charge is 0.0642 e. The Morgan fingerprint density at radius 1 is 1.43 bits per heavy atom. The first-order chi connectivity index (χ1) is 6.54. The number of aryl methyl sites for hydroxylation is 1. The fourth-order valence-corrected chi connectivity index (χ4v) is 1.59. The van der Waals surface area contributed by atoms with Gasteiger partial charge in [-0.3, -0.25) is 4.68 Å². The lowest BCUT2D eigenvalue weighted by Gasteiger charge is -2.08. The van der Waals surface area contributed by atoms with Crippen LogP contribution in [-0.4, -0.2) is 22.9 Å². The van der Waals surface area contributed by atoms with Crippen molar-refractivity contribution in [3.63, 3.8) is 0 Å². The van der Waals surface area contributed by atoms with Crippen molar-refractivity contribution in [2.45, 2.75) is 46.2 Å². The Balaban J connectivity index is 2.75. The number of aromatic nitrogens is 2. The molecule has 0 fully saturated rings. The molecular weight excluding hydrogens is 174 g/mol. The van der Waals surface area contributed by atoms with Crippen molar-refractivity contribution in [1.82, 2.24) is 15.1 Å². The van der Waals surface area contributed by atoms with E-state index in [4.69, 9.17) is 0 Å². The van der Waals surface area contributed by atoms with E-state index in [2.05, 4.69) is 48.9 Å². The number of hydrogen-bond donors (Lipinski definition) is 1. The maximum atomic E-state index is 4.57. The summed E-state index contributed by atoms with van der Waals surface area (Å²) >= 11 is 0. The molecular formula is C11H21N3. The maximum Gasteiger partial charge on any atom is 0.0642 e. The van der Waals surface area contributed by atoms with Gasteiger partial charge in [0.15, 0.2) is 0 Å². The molecule has 3 nitrogen and oxygen atoms in total. The first kappa shape index (κ1) is 11.2. The van der Waals surface area contributed by atoms with E-state index >= 15 is 0 Å². The minimum atomic E-state index is 0.452. The van der Waals surface area contributed by atoms with E-state index in [1.165, 1.54) is 11.4 Å². The molecule has 0 amide bonds. The Kier molecular flexibility index (Phi) is 3.69. The van der Waals surface area contributed by atoms with Gasteiger partial charge >= 0.3 is 0 Å². The Morgan fingerprint density at radius 3 is 2.50 bits per heavy atom. The van der Waals surface area contributed by atoms with Crippen LogP contribution in [0.5, 0.6) is 0 Å². The molecule has 0 aliphatic heterocycles. The van der Waals surface area contributed by atoms with Crippen LogP contribution in [0, 0.1) is 6.92 Å². The van der Waals surface area contributed by atoms with Gasteiger partial charge in [-0.15, -0.1) is 0 Å². The topological polar surface area (TPSA) is 29.9 Å². The lowest BCUT2D eigenvalue weighted by atomic mass is 10.2. The summed E-state index contributed by atoms with van der Waals surface area (Å²) in [7, 11) is 1.98. The van der Waals surface area contributed by atoms with Gasteiger partial charge in [0.1, 0.15) is 0 Å². The third-order valence-corrected chi connectivity index (χ3v) is 2.47. The number of hydrogen-bond acceptors (Lipinski definition) is 2. The van der Waals surface area contributed by atoms with Gasteiger partial charge in [-0.05, 0) is 40.8 Å². The molecule has 1 N–H and O–H groups in total. The lowest BCUT2D eigenvalue weighted by molar-refractivity contribution is 0.507. The van der Waals surface area contributed by atoms with E-state index in [1.807, 2.05) is 7.05 Å². The second-order valence-electron chi connectivity index (χ2n) is 4.21. The van der Waals surface area contributed by atoms with Crippen LogP contribution in [0.1, 0.15) is 38.2 Å². The van der Waals surface area contributed by atoms with Crippen molar-refractivity contribution < 1.29 is 0 Å². The van der Waals surface area contributed by atoms with E-state index in [0.717, 1.165) is 6.42 Å². The summed E-state index contributed by atoms with van der Waals surface area (Å²) in [5, 5.41) is 7.80. The number of nitrogens with zero attached hydrogens (tertiary/aromatic N) is 2. The zero-order chi connectivity index (χ0) is 10.7. The Bertz CT molecular complexity index is 289. The molecule has 1 aromatic heterocycles. The molecule has 1 heterocycles. The number of nitrogens with one attached hydrogen (secondary N) is 1. The van der Waals surface area contributed by atoms with Crippen LogP contribution in [0.4, 0.5) is 0 Å². The second kappa shape index (κ2) is 4.60. The van der Waals surface area contributed by atoms with E-state index in [1.54, 1.807) is 0 Å². The largest absolute Gasteiger partial charge is 0.317 e. The highest BCUT2D eigenvalue weighted by Gasteiger charge is 2.08. The van der Waals surface area contributed by atoms with Gasteiger partial charge in [0.2, 0.25) is 0 Å². The van der Waals surface area contributed by atoms with E-state index in [9.17, 15) is 0 Å². The SMILES string of the molecule is CNC(C)Cc1cc(C)n(C(C)C)n1. The second-order valence-corrected chi connectivity index (χ2v) is 4.21. The maximum absolute atomic E-state index is 4.57. The van der Waals surface area contributed by atoms with E-state index in [-0.39, 0.29) is 0 Å². The van der Waals surface area contributed by atoms with Crippen LogP contribution < -0.4 is 5.32 Å². The van der Waals surface area contributed by atoms with E-state index < -0.39 is 0 Å². The standard InChI is InChI=1S/C11H21N3/c1-8(2)14-10(4)7-11(13-14)6-9(3)12-5/h7-9,12H,6H2,1-5H3. The molecule has 0 radical (unpaired) electrons. The highest BCUT2D eigenvalue weighted by Crippen LogP contribution is 2.11. The average molecular weight is 195 g/mol. The van der Waals surface area contributed by atoms with Crippen LogP contribution in [0.3, 0.4) is 0 Å². The molecule has 0 aliphatic carbocycles. The van der Waals surface area contributed by atoms with Crippen LogP contribution in [-0.2, 0) is 6.42 Å². The monoisotopic (exact) mass is 195 g/mol. The van der Waals surface area contributed by atoms with Gasteiger partial charge in [0.05, 0.1) is 5.69 Å². The van der Waals surface area contributed by atoms with Crippen molar-refractivity contribution in [1.29, 1.82) is 0 Å². The zero-order valence-corrected chi connectivity index (χ0v) is 9.83. The van der Waals surface area contributed by atoms with Gasteiger partial charge < -0.3 is 5.32 Å². The average Bonchev–Trinajstić information content (AvgIpc) is 2.46. The van der Waals surface area contributed by atoms with Gasteiger partial charge in [-0.2, -0.15) is 5.10 Å². The number of rotatable bonds is 4. The van der Waals surface area contributed by atoms with Crippen molar-refractivity contribution >= 4 is 0 Å². The minimum absolute atomic E-state index is 0.452. The van der Waals surface area contributed by atoms with Crippen LogP contribution in [0.25, 0.3) is 0 Å². The predicted octanol–water partition coefficient (Wildman–Crippen LogP) is 1.92. The van der Waals surface area contributed by atoms with Crippen LogP contribution >= 0.6 is 0 Å². The van der Waals surface area contributed by atoms with Crippen LogP contribution in [0.2, 0.25) is 0 Å². The fourth-order valence-electron chi connectivity index (χ4n) is 1.59. The van der Waals surface area contributed by atoms with Gasteiger partial charge in [0, 0.05) is 24.2 Å². The predicted molar refractivity (Wildman–Crippen MR) is 59.6 cm³/mol. The molecule has 0 saturated carbocycles. The highest BCUT2D eigenvalue weighted by molar-refractivity contribution is 5.10.